The molecular formula is C13H19N. The molecule has 76 valence electrons. The standard InChI is InChI=1S/C13H19N/c1-2-11-7-6-10-13(11)14-12-8-4-3-5-9-12/h3-5,8-9,11,13-14H,2,6-7,10H2,1H3. The Labute approximate surface area is 86.5 Å². The third-order valence-corrected chi connectivity index (χ3v) is 3.31. The lowest BCUT2D eigenvalue weighted by molar-refractivity contribution is 0.489. The van der Waals surface area contributed by atoms with Crippen LogP contribution in [0.3, 0.4) is 0 Å². The molecule has 1 aliphatic carbocycles. The van der Waals surface area contributed by atoms with Gasteiger partial charge in [0, 0.05) is 11.7 Å². The van der Waals surface area contributed by atoms with Gasteiger partial charge in [0.05, 0.1) is 0 Å². The Morgan fingerprint density at radius 3 is 2.71 bits per heavy atom. The van der Waals surface area contributed by atoms with Crippen molar-refractivity contribution < 1.29 is 0 Å². The van der Waals surface area contributed by atoms with Gasteiger partial charge in [-0.2, -0.15) is 0 Å². The molecule has 2 atom stereocenters. The van der Waals surface area contributed by atoms with Crippen molar-refractivity contribution in [2.24, 2.45) is 5.92 Å². The molecule has 0 heterocycles. The van der Waals surface area contributed by atoms with E-state index in [9.17, 15) is 0 Å². The van der Waals surface area contributed by atoms with Gasteiger partial charge in [-0.05, 0) is 30.9 Å². The average molecular weight is 189 g/mol. The van der Waals surface area contributed by atoms with E-state index in [1.807, 2.05) is 0 Å². The molecule has 0 saturated heterocycles. The highest BCUT2D eigenvalue weighted by Gasteiger charge is 2.25. The summed E-state index contributed by atoms with van der Waals surface area (Å²) in [7, 11) is 0. The van der Waals surface area contributed by atoms with Crippen LogP contribution >= 0.6 is 0 Å². The molecule has 1 saturated carbocycles. The number of para-hydroxylation sites is 1. The molecule has 0 spiro atoms. The fraction of sp³-hybridized carbons (Fsp3) is 0.538. The molecular weight excluding hydrogens is 170 g/mol. The van der Waals surface area contributed by atoms with Gasteiger partial charge in [-0.15, -0.1) is 0 Å². The third-order valence-electron chi connectivity index (χ3n) is 3.31. The van der Waals surface area contributed by atoms with E-state index in [1.165, 1.54) is 31.4 Å². The van der Waals surface area contributed by atoms with Gasteiger partial charge in [-0.1, -0.05) is 38.0 Å². The molecule has 0 aliphatic heterocycles. The number of anilines is 1. The molecule has 14 heavy (non-hydrogen) atoms. The second-order valence-electron chi connectivity index (χ2n) is 4.22. The average Bonchev–Trinajstić information content (AvgIpc) is 2.67. The topological polar surface area (TPSA) is 12.0 Å². The Bertz CT molecular complexity index is 268. The Morgan fingerprint density at radius 2 is 2.00 bits per heavy atom. The summed E-state index contributed by atoms with van der Waals surface area (Å²) < 4.78 is 0. The normalized spacial score (nSPS) is 26.4. The summed E-state index contributed by atoms with van der Waals surface area (Å²) in [6.45, 7) is 2.30. The van der Waals surface area contributed by atoms with E-state index in [0.29, 0.717) is 6.04 Å². The quantitative estimate of drug-likeness (QED) is 0.765. The summed E-state index contributed by atoms with van der Waals surface area (Å²) in [5.41, 5.74) is 1.28. The number of hydrogen-bond acceptors (Lipinski definition) is 1. The Hall–Kier alpha value is -0.980. The van der Waals surface area contributed by atoms with E-state index < -0.39 is 0 Å². The fourth-order valence-corrected chi connectivity index (χ4v) is 2.46. The van der Waals surface area contributed by atoms with Crippen LogP contribution in [0.4, 0.5) is 5.69 Å². The molecule has 0 aromatic heterocycles. The summed E-state index contributed by atoms with van der Waals surface area (Å²) in [6.07, 6.45) is 5.45. The van der Waals surface area contributed by atoms with E-state index >= 15 is 0 Å². The van der Waals surface area contributed by atoms with Gasteiger partial charge in [0.15, 0.2) is 0 Å². The maximum atomic E-state index is 3.64. The summed E-state index contributed by atoms with van der Waals surface area (Å²) in [5.74, 6) is 0.884. The lowest BCUT2D eigenvalue weighted by Gasteiger charge is -2.20. The Morgan fingerprint density at radius 1 is 1.21 bits per heavy atom. The molecule has 0 radical (unpaired) electrons. The highest BCUT2D eigenvalue weighted by Crippen LogP contribution is 2.30. The largest absolute Gasteiger partial charge is 0.382 e. The van der Waals surface area contributed by atoms with Crippen LogP contribution < -0.4 is 5.32 Å². The first-order valence-electron chi connectivity index (χ1n) is 5.71. The third kappa shape index (κ3) is 2.09. The van der Waals surface area contributed by atoms with Crippen molar-refractivity contribution in [2.45, 2.75) is 38.6 Å². The zero-order valence-electron chi connectivity index (χ0n) is 8.87. The minimum Gasteiger partial charge on any atom is -0.382 e. The molecule has 1 nitrogen and oxygen atoms in total. The van der Waals surface area contributed by atoms with Crippen molar-refractivity contribution in [1.82, 2.24) is 0 Å². The number of hydrogen-bond donors (Lipinski definition) is 1. The minimum absolute atomic E-state index is 0.711. The number of benzene rings is 1. The molecule has 2 unspecified atom stereocenters. The smallest absolute Gasteiger partial charge is 0.0342 e. The van der Waals surface area contributed by atoms with Crippen LogP contribution in [0.25, 0.3) is 0 Å². The van der Waals surface area contributed by atoms with Crippen LogP contribution in [0.15, 0.2) is 30.3 Å². The van der Waals surface area contributed by atoms with Gasteiger partial charge in [0.25, 0.3) is 0 Å². The van der Waals surface area contributed by atoms with E-state index in [0.717, 1.165) is 5.92 Å². The van der Waals surface area contributed by atoms with E-state index in [-0.39, 0.29) is 0 Å². The zero-order valence-corrected chi connectivity index (χ0v) is 8.87. The van der Waals surface area contributed by atoms with Gasteiger partial charge in [-0.3, -0.25) is 0 Å². The molecule has 1 fully saturated rings. The second kappa shape index (κ2) is 4.50. The summed E-state index contributed by atoms with van der Waals surface area (Å²) in [4.78, 5) is 0. The molecule has 0 bridgehead atoms. The second-order valence-corrected chi connectivity index (χ2v) is 4.22. The first kappa shape index (κ1) is 9.57. The number of rotatable bonds is 3. The van der Waals surface area contributed by atoms with Crippen LogP contribution in [0, 0.1) is 5.92 Å². The maximum Gasteiger partial charge on any atom is 0.0342 e. The lowest BCUT2D eigenvalue weighted by atomic mass is 10.0. The van der Waals surface area contributed by atoms with Crippen LogP contribution in [-0.4, -0.2) is 6.04 Å². The molecule has 2 rings (SSSR count). The predicted molar refractivity (Wildman–Crippen MR) is 61.5 cm³/mol. The van der Waals surface area contributed by atoms with Crippen molar-refractivity contribution in [1.29, 1.82) is 0 Å². The van der Waals surface area contributed by atoms with Crippen molar-refractivity contribution in [3.8, 4) is 0 Å². The maximum absolute atomic E-state index is 3.64. The first-order chi connectivity index (χ1) is 6.90. The van der Waals surface area contributed by atoms with E-state index in [2.05, 4.69) is 42.6 Å². The van der Waals surface area contributed by atoms with Crippen molar-refractivity contribution in [3.05, 3.63) is 30.3 Å². The highest BCUT2D eigenvalue weighted by molar-refractivity contribution is 5.43. The van der Waals surface area contributed by atoms with Crippen LogP contribution in [0.2, 0.25) is 0 Å². The zero-order chi connectivity index (χ0) is 9.80. The van der Waals surface area contributed by atoms with E-state index in [4.69, 9.17) is 0 Å². The molecule has 1 aromatic carbocycles. The number of nitrogens with one attached hydrogen (secondary N) is 1. The van der Waals surface area contributed by atoms with Gasteiger partial charge in [0.2, 0.25) is 0 Å². The van der Waals surface area contributed by atoms with E-state index in [1.54, 1.807) is 0 Å². The minimum atomic E-state index is 0.711. The van der Waals surface area contributed by atoms with Gasteiger partial charge >= 0.3 is 0 Å². The molecule has 1 N–H and O–H groups in total. The van der Waals surface area contributed by atoms with Crippen LogP contribution in [-0.2, 0) is 0 Å². The van der Waals surface area contributed by atoms with Crippen molar-refractivity contribution in [2.75, 3.05) is 5.32 Å². The fourth-order valence-electron chi connectivity index (χ4n) is 2.46. The van der Waals surface area contributed by atoms with Gasteiger partial charge < -0.3 is 5.32 Å². The molecule has 1 heteroatoms. The predicted octanol–water partition coefficient (Wildman–Crippen LogP) is 3.68. The molecule has 1 aliphatic rings. The lowest BCUT2D eigenvalue weighted by Crippen LogP contribution is -2.23. The summed E-state index contributed by atoms with van der Waals surface area (Å²) in [6, 6.07) is 11.3. The molecule has 0 amide bonds. The van der Waals surface area contributed by atoms with Gasteiger partial charge in [0.1, 0.15) is 0 Å². The summed E-state index contributed by atoms with van der Waals surface area (Å²) >= 11 is 0. The molecule has 1 aromatic rings. The Balaban J connectivity index is 1.97. The Kier molecular flexibility index (Phi) is 3.07. The monoisotopic (exact) mass is 189 g/mol. The van der Waals surface area contributed by atoms with Crippen LogP contribution in [0.5, 0.6) is 0 Å². The highest BCUT2D eigenvalue weighted by atomic mass is 14.9. The van der Waals surface area contributed by atoms with Crippen molar-refractivity contribution >= 4 is 5.69 Å². The summed E-state index contributed by atoms with van der Waals surface area (Å²) in [5, 5.41) is 3.64. The van der Waals surface area contributed by atoms with Crippen LogP contribution in [0.1, 0.15) is 32.6 Å². The van der Waals surface area contributed by atoms with Crippen molar-refractivity contribution in [3.63, 3.8) is 0 Å². The first-order valence-corrected chi connectivity index (χ1v) is 5.71. The SMILES string of the molecule is CCC1CCCC1Nc1ccccc1. The van der Waals surface area contributed by atoms with Gasteiger partial charge in [-0.25, -0.2) is 0 Å².